The van der Waals surface area contributed by atoms with Crippen LogP contribution in [0, 0.1) is 0 Å². The van der Waals surface area contributed by atoms with Crippen LogP contribution in [0.1, 0.15) is 36.5 Å². The number of hydrogen-bond donors (Lipinski definition) is 0. The van der Waals surface area contributed by atoms with Gasteiger partial charge in [-0.3, -0.25) is 0 Å². The summed E-state index contributed by atoms with van der Waals surface area (Å²) in [6.07, 6.45) is 7.74. The van der Waals surface area contributed by atoms with E-state index in [0.717, 1.165) is 18.4 Å². The van der Waals surface area contributed by atoms with Crippen molar-refractivity contribution in [2.24, 2.45) is 0 Å². The van der Waals surface area contributed by atoms with Gasteiger partial charge in [-0.2, -0.15) is 0 Å². The monoisotopic (exact) mass is 352 g/mol. The number of carbonyl (C=O) groups is 1. The van der Waals surface area contributed by atoms with Crippen LogP contribution in [-0.4, -0.2) is 19.7 Å². The lowest BCUT2D eigenvalue weighted by molar-refractivity contribution is -0.128. The number of hydrogen-bond acceptors (Lipinski definition) is 4. The third-order valence-electron chi connectivity index (χ3n) is 4.44. The molecule has 136 valence electrons. The number of rotatable bonds is 6. The molecule has 0 spiro atoms. The smallest absolute Gasteiger partial charge is 0.336 e. The Balaban J connectivity index is 1.66. The maximum Gasteiger partial charge on any atom is 0.336 e. The molecule has 1 aliphatic rings. The van der Waals surface area contributed by atoms with Crippen molar-refractivity contribution in [2.75, 3.05) is 13.7 Å². The van der Waals surface area contributed by atoms with Crippen LogP contribution in [-0.2, 0) is 17.6 Å². The second kappa shape index (κ2) is 8.56. The normalized spacial score (nSPS) is 13.3. The molecule has 0 atom stereocenters. The fourth-order valence-electron chi connectivity index (χ4n) is 3.15. The predicted molar refractivity (Wildman–Crippen MR) is 102 cm³/mol. The summed E-state index contributed by atoms with van der Waals surface area (Å²) in [5, 5.41) is 0. The zero-order valence-corrected chi connectivity index (χ0v) is 15.3. The number of fused-ring (bicyclic) bond motifs is 1. The Morgan fingerprint density at radius 3 is 2.62 bits per heavy atom. The van der Waals surface area contributed by atoms with Crippen LogP contribution in [0.4, 0.5) is 0 Å². The maximum atomic E-state index is 12.1. The van der Waals surface area contributed by atoms with Gasteiger partial charge < -0.3 is 14.2 Å². The van der Waals surface area contributed by atoms with Gasteiger partial charge in [0, 0.05) is 6.08 Å². The molecule has 0 fully saturated rings. The summed E-state index contributed by atoms with van der Waals surface area (Å²) in [6, 6.07) is 11.5. The predicted octanol–water partition coefficient (Wildman–Crippen LogP) is 4.59. The van der Waals surface area contributed by atoms with E-state index in [-0.39, 0.29) is 0 Å². The van der Waals surface area contributed by atoms with Gasteiger partial charge >= 0.3 is 5.97 Å². The molecule has 4 heteroatoms. The number of carbonyl (C=O) groups excluding carboxylic acids is 1. The Labute approximate surface area is 154 Å². The first kappa shape index (κ1) is 18.1. The summed E-state index contributed by atoms with van der Waals surface area (Å²) < 4.78 is 16.3. The molecule has 0 N–H and O–H groups in total. The average molecular weight is 352 g/mol. The van der Waals surface area contributed by atoms with Gasteiger partial charge in [-0.1, -0.05) is 12.1 Å². The highest BCUT2D eigenvalue weighted by molar-refractivity contribution is 5.88. The van der Waals surface area contributed by atoms with Crippen LogP contribution in [0.2, 0.25) is 0 Å². The Morgan fingerprint density at radius 1 is 1.04 bits per heavy atom. The molecule has 0 heterocycles. The Hall–Kier alpha value is -2.75. The lowest BCUT2D eigenvalue weighted by Gasteiger charge is -2.16. The summed E-state index contributed by atoms with van der Waals surface area (Å²) >= 11 is 0. The third-order valence-corrected chi connectivity index (χ3v) is 4.44. The topological polar surface area (TPSA) is 44.8 Å². The summed E-state index contributed by atoms with van der Waals surface area (Å²) in [6.45, 7) is 2.49. The number of methoxy groups -OCH3 is 1. The molecule has 0 radical (unpaired) electrons. The van der Waals surface area contributed by atoms with E-state index in [1.807, 2.05) is 37.3 Å². The van der Waals surface area contributed by atoms with Gasteiger partial charge in [0.2, 0.25) is 0 Å². The molecule has 2 aromatic carbocycles. The number of ether oxygens (including phenoxy) is 3. The molecule has 1 aliphatic carbocycles. The Bertz CT molecular complexity index is 808. The van der Waals surface area contributed by atoms with Crippen molar-refractivity contribution >= 4 is 12.0 Å². The van der Waals surface area contributed by atoms with Crippen molar-refractivity contribution in [3.05, 3.63) is 59.2 Å². The molecule has 0 amide bonds. The highest BCUT2D eigenvalue weighted by Gasteiger charge is 2.11. The summed E-state index contributed by atoms with van der Waals surface area (Å²) in [5.41, 5.74) is 3.50. The zero-order chi connectivity index (χ0) is 18.4. The molecule has 2 aromatic rings. The third kappa shape index (κ3) is 4.45. The van der Waals surface area contributed by atoms with Gasteiger partial charge in [-0.05, 0) is 79.6 Å². The van der Waals surface area contributed by atoms with Crippen molar-refractivity contribution in [1.82, 2.24) is 0 Å². The average Bonchev–Trinajstić information content (AvgIpc) is 2.67. The Kier molecular flexibility index (Phi) is 5.95. The van der Waals surface area contributed by atoms with E-state index < -0.39 is 5.97 Å². The largest absolute Gasteiger partial charge is 0.493 e. The molecule has 0 bridgehead atoms. The summed E-state index contributed by atoms with van der Waals surface area (Å²) in [5.74, 6) is 1.53. The fraction of sp³-hybridized carbons (Fsp3) is 0.318. The molecule has 0 saturated heterocycles. The first-order chi connectivity index (χ1) is 12.7. The first-order valence-corrected chi connectivity index (χ1v) is 9.02. The zero-order valence-electron chi connectivity index (χ0n) is 15.3. The molecule has 0 unspecified atom stereocenters. The molecule has 3 rings (SSSR count). The molecular weight excluding hydrogens is 328 g/mol. The second-order valence-corrected chi connectivity index (χ2v) is 6.24. The minimum atomic E-state index is -0.395. The number of esters is 1. The van der Waals surface area contributed by atoms with E-state index in [4.69, 9.17) is 14.2 Å². The van der Waals surface area contributed by atoms with Gasteiger partial charge in [0.05, 0.1) is 13.7 Å². The quantitative estimate of drug-likeness (QED) is 0.433. The van der Waals surface area contributed by atoms with Gasteiger partial charge in [0.1, 0.15) is 5.75 Å². The van der Waals surface area contributed by atoms with E-state index in [1.54, 1.807) is 13.2 Å². The van der Waals surface area contributed by atoms with Crippen molar-refractivity contribution in [2.45, 2.75) is 32.6 Å². The van der Waals surface area contributed by atoms with E-state index in [0.29, 0.717) is 23.9 Å². The van der Waals surface area contributed by atoms with E-state index in [9.17, 15) is 4.79 Å². The van der Waals surface area contributed by atoms with Crippen LogP contribution >= 0.6 is 0 Å². The van der Waals surface area contributed by atoms with Crippen molar-refractivity contribution in [3.8, 4) is 17.2 Å². The molecule has 0 aliphatic heterocycles. The highest BCUT2D eigenvalue weighted by Crippen LogP contribution is 2.29. The number of benzene rings is 2. The first-order valence-electron chi connectivity index (χ1n) is 9.02. The van der Waals surface area contributed by atoms with E-state index >= 15 is 0 Å². The number of aryl methyl sites for hydroxylation is 2. The summed E-state index contributed by atoms with van der Waals surface area (Å²) in [4.78, 5) is 12.1. The maximum absolute atomic E-state index is 12.1. The molecule has 0 aromatic heterocycles. The van der Waals surface area contributed by atoms with Gasteiger partial charge in [-0.25, -0.2) is 4.79 Å². The minimum absolute atomic E-state index is 0.395. The molecular formula is C22H24O4. The van der Waals surface area contributed by atoms with Crippen molar-refractivity contribution < 1.29 is 19.0 Å². The fourth-order valence-corrected chi connectivity index (χ4v) is 3.15. The molecule has 0 saturated carbocycles. The van der Waals surface area contributed by atoms with Gasteiger partial charge in [0.25, 0.3) is 0 Å². The SMILES string of the molecule is CCOc1ccc(/C=C/C(=O)Oc2ccc3c(c2)CCCC3)cc1OC. The Morgan fingerprint density at radius 2 is 1.85 bits per heavy atom. The van der Waals surface area contributed by atoms with Crippen LogP contribution in [0.25, 0.3) is 6.08 Å². The molecule has 4 nitrogen and oxygen atoms in total. The minimum Gasteiger partial charge on any atom is -0.493 e. The van der Waals surface area contributed by atoms with Gasteiger partial charge in [0.15, 0.2) is 11.5 Å². The van der Waals surface area contributed by atoms with Crippen molar-refractivity contribution in [1.29, 1.82) is 0 Å². The summed E-state index contributed by atoms with van der Waals surface area (Å²) in [7, 11) is 1.59. The van der Waals surface area contributed by atoms with E-state index in [1.165, 1.54) is 30.0 Å². The second-order valence-electron chi connectivity index (χ2n) is 6.24. The standard InChI is InChI=1S/C22H24O4/c1-3-25-20-12-8-16(14-21(20)24-2)9-13-22(23)26-19-11-10-17-6-4-5-7-18(17)15-19/h8-15H,3-7H2,1-2H3/b13-9+. The van der Waals surface area contributed by atoms with Gasteiger partial charge in [-0.15, -0.1) is 0 Å². The van der Waals surface area contributed by atoms with Crippen LogP contribution in [0.5, 0.6) is 17.2 Å². The van der Waals surface area contributed by atoms with Crippen LogP contribution in [0.3, 0.4) is 0 Å². The highest BCUT2D eigenvalue weighted by atomic mass is 16.5. The lowest BCUT2D eigenvalue weighted by Crippen LogP contribution is -2.06. The van der Waals surface area contributed by atoms with Crippen LogP contribution in [0.15, 0.2) is 42.5 Å². The molecule has 26 heavy (non-hydrogen) atoms. The lowest BCUT2D eigenvalue weighted by atomic mass is 9.92. The van der Waals surface area contributed by atoms with Crippen LogP contribution < -0.4 is 14.2 Å². The van der Waals surface area contributed by atoms with Crippen molar-refractivity contribution in [3.63, 3.8) is 0 Å². The van der Waals surface area contributed by atoms with E-state index in [2.05, 4.69) is 6.07 Å².